The van der Waals surface area contributed by atoms with Gasteiger partial charge in [-0.25, -0.2) is 9.36 Å². The lowest BCUT2D eigenvalue weighted by Crippen LogP contribution is -2.32. The summed E-state index contributed by atoms with van der Waals surface area (Å²) >= 11 is 0. The molecular weight excluding hydrogens is 360 g/mol. The number of nitrogens with one attached hydrogen (secondary N) is 2. The smallest absolute Gasteiger partial charge is 0.253 e. The second-order valence-electron chi connectivity index (χ2n) is 5.96. The first-order chi connectivity index (χ1) is 13.7. The van der Waals surface area contributed by atoms with Crippen LogP contribution in [0.25, 0.3) is 11.0 Å². The van der Waals surface area contributed by atoms with Gasteiger partial charge in [-0.15, -0.1) is 5.10 Å². The summed E-state index contributed by atoms with van der Waals surface area (Å²) in [5.41, 5.74) is 2.60. The van der Waals surface area contributed by atoms with Crippen molar-refractivity contribution >= 4 is 28.5 Å². The summed E-state index contributed by atoms with van der Waals surface area (Å²) in [6.45, 7) is 0.195. The molecule has 0 atom stereocenters. The fraction of sp³-hybridized carbons (Fsp3) is 0.111. The van der Waals surface area contributed by atoms with Crippen LogP contribution in [0.4, 0.5) is 5.69 Å². The van der Waals surface area contributed by atoms with Crippen LogP contribution in [0.5, 0.6) is 0 Å². The van der Waals surface area contributed by atoms with Gasteiger partial charge in [0, 0.05) is 12.4 Å². The number of hydrogen-bond acceptors (Lipinski definition) is 6. The van der Waals surface area contributed by atoms with E-state index in [0.29, 0.717) is 17.9 Å². The minimum Gasteiger partial charge on any atom is -0.343 e. The summed E-state index contributed by atoms with van der Waals surface area (Å²) in [6, 6.07) is 10.9. The highest BCUT2D eigenvalue weighted by Gasteiger charge is 2.10. The Hall–Kier alpha value is -4.08. The van der Waals surface area contributed by atoms with Crippen LogP contribution in [0.2, 0.25) is 0 Å². The van der Waals surface area contributed by atoms with E-state index in [1.165, 1.54) is 12.4 Å². The average Bonchev–Trinajstić information content (AvgIpc) is 3.34. The van der Waals surface area contributed by atoms with E-state index in [-0.39, 0.29) is 18.4 Å². The van der Waals surface area contributed by atoms with Crippen molar-refractivity contribution in [3.63, 3.8) is 0 Å². The summed E-state index contributed by atoms with van der Waals surface area (Å²) in [7, 11) is 0. The van der Waals surface area contributed by atoms with E-state index in [0.717, 1.165) is 11.0 Å². The van der Waals surface area contributed by atoms with Gasteiger partial charge >= 0.3 is 0 Å². The van der Waals surface area contributed by atoms with Crippen LogP contribution >= 0.6 is 0 Å². The Labute approximate surface area is 159 Å². The zero-order valence-electron chi connectivity index (χ0n) is 14.7. The molecule has 0 aliphatic carbocycles. The molecule has 0 aliphatic heterocycles. The Morgan fingerprint density at radius 3 is 2.82 bits per heavy atom. The Balaban J connectivity index is 1.33. The van der Waals surface area contributed by atoms with Crippen LogP contribution in [0.3, 0.4) is 0 Å². The van der Waals surface area contributed by atoms with Crippen molar-refractivity contribution in [2.24, 2.45) is 0 Å². The molecule has 28 heavy (non-hydrogen) atoms. The minimum absolute atomic E-state index is 0.160. The van der Waals surface area contributed by atoms with Crippen LogP contribution in [0.1, 0.15) is 10.4 Å². The van der Waals surface area contributed by atoms with Crippen molar-refractivity contribution in [1.29, 1.82) is 0 Å². The van der Waals surface area contributed by atoms with E-state index < -0.39 is 0 Å². The lowest BCUT2D eigenvalue weighted by atomic mass is 10.3. The molecule has 0 unspecified atom stereocenters. The summed E-state index contributed by atoms with van der Waals surface area (Å²) in [6.07, 6.45) is 6.21. The van der Waals surface area contributed by atoms with Crippen LogP contribution in [0, 0.1) is 0 Å². The first kappa shape index (κ1) is 17.3. The van der Waals surface area contributed by atoms with Gasteiger partial charge in [0.25, 0.3) is 5.91 Å². The van der Waals surface area contributed by atoms with Gasteiger partial charge in [-0.2, -0.15) is 5.10 Å². The Kier molecular flexibility index (Phi) is 4.74. The molecule has 140 valence electrons. The van der Waals surface area contributed by atoms with Gasteiger partial charge in [-0.05, 0) is 24.3 Å². The van der Waals surface area contributed by atoms with Crippen LogP contribution in [0.15, 0.2) is 61.2 Å². The molecule has 10 heteroatoms. The highest BCUT2D eigenvalue weighted by Crippen LogP contribution is 2.11. The highest BCUT2D eigenvalue weighted by molar-refractivity contribution is 5.99. The SMILES string of the molecule is O=C(CNC(=O)c1cccnc1)Nc1cnn(Cn2nnc3ccccc32)c1. The molecule has 4 aromatic rings. The molecule has 0 saturated carbocycles. The number of nitrogens with zero attached hydrogens (tertiary/aromatic N) is 6. The molecule has 0 spiro atoms. The molecule has 0 radical (unpaired) electrons. The number of carbonyl (C=O) groups is 2. The molecule has 2 amide bonds. The largest absolute Gasteiger partial charge is 0.343 e. The van der Waals surface area contributed by atoms with Crippen molar-refractivity contribution in [2.45, 2.75) is 6.67 Å². The van der Waals surface area contributed by atoms with Gasteiger partial charge in [-0.3, -0.25) is 14.6 Å². The van der Waals surface area contributed by atoms with Gasteiger partial charge in [0.2, 0.25) is 5.91 Å². The number of fused-ring (bicyclic) bond motifs is 1. The van der Waals surface area contributed by atoms with E-state index >= 15 is 0 Å². The first-order valence-corrected chi connectivity index (χ1v) is 8.48. The van der Waals surface area contributed by atoms with Gasteiger partial charge in [0.15, 0.2) is 0 Å². The van der Waals surface area contributed by atoms with Crippen LogP contribution < -0.4 is 10.6 Å². The predicted molar refractivity (Wildman–Crippen MR) is 100 cm³/mol. The number of hydrogen-bond donors (Lipinski definition) is 2. The van der Waals surface area contributed by atoms with Crippen molar-refractivity contribution < 1.29 is 9.59 Å². The highest BCUT2D eigenvalue weighted by atomic mass is 16.2. The molecule has 4 rings (SSSR count). The van der Waals surface area contributed by atoms with Crippen molar-refractivity contribution in [3.8, 4) is 0 Å². The number of anilines is 1. The topological polar surface area (TPSA) is 120 Å². The summed E-state index contributed by atoms with van der Waals surface area (Å²) in [5, 5.41) is 17.6. The number of carbonyl (C=O) groups excluding carboxylic acids is 2. The van der Waals surface area contributed by atoms with Crippen molar-refractivity contribution in [1.82, 2.24) is 35.1 Å². The molecule has 1 aromatic carbocycles. The third-order valence-electron chi connectivity index (χ3n) is 3.95. The Morgan fingerprint density at radius 2 is 1.96 bits per heavy atom. The molecule has 0 fully saturated rings. The maximum atomic E-state index is 12.0. The molecular formula is C18H16N8O2. The fourth-order valence-corrected chi connectivity index (χ4v) is 2.63. The average molecular weight is 376 g/mol. The number of para-hydroxylation sites is 1. The number of amides is 2. The summed E-state index contributed by atoms with van der Waals surface area (Å²) < 4.78 is 3.34. The zero-order valence-corrected chi connectivity index (χ0v) is 14.7. The van der Waals surface area contributed by atoms with Gasteiger partial charge in [0.05, 0.1) is 35.7 Å². The normalized spacial score (nSPS) is 10.7. The monoisotopic (exact) mass is 376 g/mol. The molecule has 3 aromatic heterocycles. The number of aromatic nitrogens is 6. The first-order valence-electron chi connectivity index (χ1n) is 8.48. The Bertz CT molecular complexity index is 1120. The van der Waals surface area contributed by atoms with Crippen LogP contribution in [-0.4, -0.2) is 48.1 Å². The maximum Gasteiger partial charge on any atom is 0.253 e. The molecule has 2 N–H and O–H groups in total. The van der Waals surface area contributed by atoms with E-state index in [1.807, 2.05) is 24.3 Å². The van der Waals surface area contributed by atoms with Crippen molar-refractivity contribution in [2.75, 3.05) is 11.9 Å². The molecule has 0 saturated heterocycles. The molecule has 0 bridgehead atoms. The fourth-order valence-electron chi connectivity index (χ4n) is 2.63. The lowest BCUT2D eigenvalue weighted by Gasteiger charge is -2.05. The number of benzene rings is 1. The molecule has 3 heterocycles. The maximum absolute atomic E-state index is 12.0. The molecule has 0 aliphatic rings. The van der Waals surface area contributed by atoms with Crippen molar-refractivity contribution in [3.05, 3.63) is 66.7 Å². The second kappa shape index (κ2) is 7.66. The van der Waals surface area contributed by atoms with E-state index in [2.05, 4.69) is 31.0 Å². The van der Waals surface area contributed by atoms with E-state index in [4.69, 9.17) is 0 Å². The predicted octanol–water partition coefficient (Wildman–Crippen LogP) is 0.897. The second-order valence-corrected chi connectivity index (χ2v) is 5.96. The van der Waals surface area contributed by atoms with Gasteiger partial charge < -0.3 is 10.6 Å². The third-order valence-corrected chi connectivity index (χ3v) is 3.95. The third kappa shape index (κ3) is 3.85. The van der Waals surface area contributed by atoms with Crippen LogP contribution in [-0.2, 0) is 11.5 Å². The number of rotatable bonds is 6. The summed E-state index contributed by atoms with van der Waals surface area (Å²) in [4.78, 5) is 27.8. The van der Waals surface area contributed by atoms with Gasteiger partial charge in [-0.1, -0.05) is 17.3 Å². The lowest BCUT2D eigenvalue weighted by molar-refractivity contribution is -0.115. The number of pyridine rings is 1. The van der Waals surface area contributed by atoms with Gasteiger partial charge in [0.1, 0.15) is 12.2 Å². The standard InChI is InChI=1S/C18H16N8O2/c27-17(10-20-18(28)13-4-3-7-19-8-13)22-14-9-21-25(11-14)12-26-16-6-2-1-5-15(16)23-24-26/h1-9,11H,10,12H2,(H,20,28)(H,22,27). The Morgan fingerprint density at radius 1 is 1.07 bits per heavy atom. The quantitative estimate of drug-likeness (QED) is 0.516. The molecule has 10 nitrogen and oxygen atoms in total. The van der Waals surface area contributed by atoms with E-state index in [9.17, 15) is 9.59 Å². The zero-order chi connectivity index (χ0) is 19.3. The van der Waals surface area contributed by atoms with E-state index in [1.54, 1.807) is 33.9 Å². The minimum atomic E-state index is -0.364. The summed E-state index contributed by atoms with van der Waals surface area (Å²) in [5.74, 6) is -0.722.